The second-order valence-corrected chi connectivity index (χ2v) is 7.18. The van der Waals surface area contributed by atoms with Crippen molar-refractivity contribution in [3.8, 4) is 17.0 Å². The number of carbonyl (C=O) groups excluding carboxylic acids is 2. The van der Waals surface area contributed by atoms with Crippen LogP contribution in [0.3, 0.4) is 0 Å². The highest BCUT2D eigenvalue weighted by atomic mass is 16.6. The number of pyridine rings is 1. The molecule has 0 saturated carbocycles. The van der Waals surface area contributed by atoms with Gasteiger partial charge in [-0.25, -0.2) is 4.79 Å². The van der Waals surface area contributed by atoms with E-state index in [-0.39, 0.29) is 17.9 Å². The molecule has 0 aliphatic carbocycles. The number of piperazine rings is 1. The lowest BCUT2D eigenvalue weighted by molar-refractivity contribution is 0.101. The van der Waals surface area contributed by atoms with Crippen molar-refractivity contribution in [3.05, 3.63) is 47.7 Å². The smallest absolute Gasteiger partial charge is 0.410 e. The van der Waals surface area contributed by atoms with Crippen molar-refractivity contribution in [1.29, 1.82) is 0 Å². The van der Waals surface area contributed by atoms with E-state index in [1.54, 1.807) is 19.4 Å². The summed E-state index contributed by atoms with van der Waals surface area (Å²) in [7, 11) is 1.64. The van der Waals surface area contributed by atoms with Crippen molar-refractivity contribution >= 4 is 11.9 Å². The van der Waals surface area contributed by atoms with Crippen LogP contribution in [0.5, 0.6) is 5.75 Å². The number of benzene rings is 1. The number of ether oxygens (including phenoxy) is 2. The van der Waals surface area contributed by atoms with Gasteiger partial charge in [-0.05, 0) is 36.8 Å². The van der Waals surface area contributed by atoms with Crippen molar-refractivity contribution < 1.29 is 19.1 Å². The molecule has 7 nitrogen and oxygen atoms in total. The van der Waals surface area contributed by atoms with Crippen molar-refractivity contribution in [3.63, 3.8) is 0 Å². The summed E-state index contributed by atoms with van der Waals surface area (Å²) in [6.45, 7) is 5.09. The van der Waals surface area contributed by atoms with E-state index in [0.29, 0.717) is 18.7 Å². The Morgan fingerprint density at radius 2 is 2.14 bits per heavy atom. The van der Waals surface area contributed by atoms with Gasteiger partial charge in [0, 0.05) is 43.5 Å². The van der Waals surface area contributed by atoms with E-state index in [1.165, 1.54) is 6.92 Å². The Hall–Kier alpha value is -2.93. The first kappa shape index (κ1) is 18.4. The van der Waals surface area contributed by atoms with Crippen molar-refractivity contribution in [1.82, 2.24) is 14.8 Å². The summed E-state index contributed by atoms with van der Waals surface area (Å²) < 4.78 is 10.7. The summed E-state index contributed by atoms with van der Waals surface area (Å²) in [5.41, 5.74) is 3.40. The second kappa shape index (κ2) is 7.59. The fraction of sp³-hybridized carbons (Fsp3) is 0.381. The lowest BCUT2D eigenvalue weighted by Crippen LogP contribution is -2.51. The van der Waals surface area contributed by atoms with Crippen LogP contribution in [0.25, 0.3) is 11.3 Å². The molecule has 4 rings (SSSR count). The van der Waals surface area contributed by atoms with Gasteiger partial charge in [0.05, 0.1) is 18.8 Å². The maximum Gasteiger partial charge on any atom is 0.410 e. The predicted octanol–water partition coefficient (Wildman–Crippen LogP) is 2.60. The molecule has 2 aromatic rings. The molecule has 0 N–H and O–H groups in total. The van der Waals surface area contributed by atoms with Gasteiger partial charge in [-0.2, -0.15) is 0 Å². The number of amides is 1. The summed E-state index contributed by atoms with van der Waals surface area (Å²) in [5, 5.41) is 0. The highest BCUT2D eigenvalue weighted by Crippen LogP contribution is 2.30. The highest BCUT2D eigenvalue weighted by Gasteiger charge is 2.37. The van der Waals surface area contributed by atoms with Crippen LogP contribution in [0.2, 0.25) is 0 Å². The molecule has 146 valence electrons. The SMILES string of the molecule is COc1ccc(CN2CCN3C(=O)OCC3C2)cc1-c1ccc(C(C)=O)cn1. The summed E-state index contributed by atoms with van der Waals surface area (Å²) in [6, 6.07) is 9.85. The molecule has 2 aliphatic heterocycles. The molecule has 2 saturated heterocycles. The number of carbonyl (C=O) groups is 2. The van der Waals surface area contributed by atoms with Crippen molar-refractivity contribution in [2.45, 2.75) is 19.5 Å². The molecule has 0 bridgehead atoms. The van der Waals surface area contributed by atoms with E-state index < -0.39 is 0 Å². The van der Waals surface area contributed by atoms with Crippen LogP contribution in [-0.2, 0) is 11.3 Å². The van der Waals surface area contributed by atoms with Crippen LogP contribution < -0.4 is 4.74 Å². The average Bonchev–Trinajstić information content (AvgIpc) is 3.08. The third kappa shape index (κ3) is 3.57. The Morgan fingerprint density at radius 3 is 2.86 bits per heavy atom. The van der Waals surface area contributed by atoms with Gasteiger partial charge in [-0.15, -0.1) is 0 Å². The molecule has 2 fully saturated rings. The van der Waals surface area contributed by atoms with Gasteiger partial charge >= 0.3 is 6.09 Å². The minimum absolute atomic E-state index is 0.00622. The molecular weight excluding hydrogens is 358 g/mol. The first-order valence-electron chi connectivity index (χ1n) is 9.35. The summed E-state index contributed by atoms with van der Waals surface area (Å²) >= 11 is 0. The zero-order valence-electron chi connectivity index (χ0n) is 16.1. The molecule has 7 heteroatoms. The van der Waals surface area contributed by atoms with E-state index >= 15 is 0 Å². The number of Topliss-reactive ketones (excluding diaryl/α,β-unsaturated/α-hetero) is 1. The lowest BCUT2D eigenvalue weighted by atomic mass is 10.0. The Morgan fingerprint density at radius 1 is 1.29 bits per heavy atom. The maximum absolute atomic E-state index is 11.7. The third-order valence-corrected chi connectivity index (χ3v) is 5.32. The Labute approximate surface area is 163 Å². The van der Waals surface area contributed by atoms with E-state index in [9.17, 15) is 9.59 Å². The number of ketones is 1. The molecular formula is C21H23N3O4. The molecule has 1 aromatic carbocycles. The number of hydrogen-bond acceptors (Lipinski definition) is 6. The maximum atomic E-state index is 11.7. The van der Waals surface area contributed by atoms with E-state index in [1.807, 2.05) is 17.0 Å². The molecule has 1 unspecified atom stereocenters. The Balaban J connectivity index is 1.53. The van der Waals surface area contributed by atoms with Crippen molar-refractivity contribution in [2.75, 3.05) is 33.4 Å². The summed E-state index contributed by atoms with van der Waals surface area (Å²) in [6.07, 6.45) is 1.40. The van der Waals surface area contributed by atoms with E-state index in [2.05, 4.69) is 22.0 Å². The first-order valence-corrected chi connectivity index (χ1v) is 9.35. The van der Waals surface area contributed by atoms with Gasteiger partial charge in [0.15, 0.2) is 5.78 Å². The monoisotopic (exact) mass is 381 g/mol. The highest BCUT2D eigenvalue weighted by molar-refractivity contribution is 5.94. The molecule has 1 amide bonds. The number of fused-ring (bicyclic) bond motifs is 1. The van der Waals surface area contributed by atoms with Gasteiger partial charge < -0.3 is 9.47 Å². The molecule has 28 heavy (non-hydrogen) atoms. The number of methoxy groups -OCH3 is 1. The summed E-state index contributed by atoms with van der Waals surface area (Å²) in [5.74, 6) is 0.736. The lowest BCUT2D eigenvalue weighted by Gasteiger charge is -2.35. The first-order chi connectivity index (χ1) is 13.5. The average molecular weight is 381 g/mol. The fourth-order valence-corrected chi connectivity index (χ4v) is 3.77. The number of aromatic nitrogens is 1. The third-order valence-electron chi connectivity index (χ3n) is 5.32. The largest absolute Gasteiger partial charge is 0.496 e. The normalized spacial score (nSPS) is 19.3. The van der Waals surface area contributed by atoms with Gasteiger partial charge in [0.2, 0.25) is 0 Å². The second-order valence-electron chi connectivity index (χ2n) is 7.18. The van der Waals surface area contributed by atoms with Crippen LogP contribution in [0.4, 0.5) is 4.79 Å². The van der Waals surface area contributed by atoms with E-state index in [4.69, 9.17) is 9.47 Å². The number of hydrogen-bond donors (Lipinski definition) is 0. The minimum atomic E-state index is -0.198. The van der Waals surface area contributed by atoms with Gasteiger partial charge in [-0.3, -0.25) is 19.6 Å². The molecule has 2 aliphatic rings. The van der Waals surface area contributed by atoms with Crippen LogP contribution in [0.15, 0.2) is 36.5 Å². The van der Waals surface area contributed by atoms with Crippen LogP contribution in [-0.4, -0.2) is 66.1 Å². The van der Waals surface area contributed by atoms with Crippen LogP contribution >= 0.6 is 0 Å². The molecule has 3 heterocycles. The van der Waals surface area contributed by atoms with Crippen molar-refractivity contribution in [2.24, 2.45) is 0 Å². The topological polar surface area (TPSA) is 72.0 Å². The fourth-order valence-electron chi connectivity index (χ4n) is 3.77. The van der Waals surface area contributed by atoms with Crippen LogP contribution in [0.1, 0.15) is 22.8 Å². The molecule has 0 radical (unpaired) electrons. The number of nitrogens with zero attached hydrogens (tertiary/aromatic N) is 3. The Bertz CT molecular complexity index is 897. The Kier molecular flexibility index (Phi) is 5.00. The standard InChI is InChI=1S/C21H23N3O4/c1-14(25)16-4-5-19(22-10-16)18-9-15(3-6-20(18)27-2)11-23-7-8-24-17(12-23)13-28-21(24)26/h3-6,9-10,17H,7-8,11-13H2,1-2H3. The molecule has 1 atom stereocenters. The summed E-state index contributed by atoms with van der Waals surface area (Å²) in [4.78, 5) is 31.7. The molecule has 0 spiro atoms. The van der Waals surface area contributed by atoms with Gasteiger partial charge in [-0.1, -0.05) is 6.07 Å². The van der Waals surface area contributed by atoms with Crippen LogP contribution in [0, 0.1) is 0 Å². The number of rotatable bonds is 5. The zero-order chi connectivity index (χ0) is 19.7. The molecule has 1 aromatic heterocycles. The van der Waals surface area contributed by atoms with Gasteiger partial charge in [0.25, 0.3) is 0 Å². The minimum Gasteiger partial charge on any atom is -0.496 e. The van der Waals surface area contributed by atoms with Gasteiger partial charge in [0.1, 0.15) is 12.4 Å². The quantitative estimate of drug-likeness (QED) is 0.742. The number of cyclic esters (lactones) is 1. The van der Waals surface area contributed by atoms with E-state index in [0.717, 1.165) is 42.2 Å². The zero-order valence-corrected chi connectivity index (χ0v) is 16.1. The predicted molar refractivity (Wildman–Crippen MR) is 103 cm³/mol.